The van der Waals surface area contributed by atoms with Gasteiger partial charge in [-0.25, -0.2) is 4.98 Å². The quantitative estimate of drug-likeness (QED) is 0.757. The van der Waals surface area contributed by atoms with Gasteiger partial charge in [0.25, 0.3) is 0 Å². The molecule has 0 N–H and O–H groups in total. The Morgan fingerprint density at radius 3 is 2.76 bits per heavy atom. The van der Waals surface area contributed by atoms with E-state index >= 15 is 0 Å². The van der Waals surface area contributed by atoms with Gasteiger partial charge in [0.05, 0.1) is 11.6 Å². The van der Waals surface area contributed by atoms with Crippen molar-refractivity contribution in [3.63, 3.8) is 0 Å². The Hall–Kier alpha value is -2.05. The van der Waals surface area contributed by atoms with Gasteiger partial charge in [-0.05, 0) is 24.6 Å². The number of ether oxygens (including phenoxy) is 1. The maximum Gasteiger partial charge on any atom is 0.221 e. The molecule has 0 aliphatic heterocycles. The second-order valence-electron chi connectivity index (χ2n) is 3.50. The summed E-state index contributed by atoms with van der Waals surface area (Å²) in [6, 6.07) is 12.6. The van der Waals surface area contributed by atoms with Gasteiger partial charge in [0, 0.05) is 6.07 Å². The minimum absolute atomic E-state index is 0.243. The molecule has 0 saturated heterocycles. The average molecular weight is 245 g/mol. The molecule has 2 aromatic rings. The van der Waals surface area contributed by atoms with Crippen LogP contribution in [0, 0.1) is 18.3 Å². The summed E-state index contributed by atoms with van der Waals surface area (Å²) in [5.41, 5.74) is 1.42. The van der Waals surface area contributed by atoms with Crippen molar-refractivity contribution < 1.29 is 4.74 Å². The summed E-state index contributed by atoms with van der Waals surface area (Å²) in [5, 5.41) is 9.06. The van der Waals surface area contributed by atoms with Crippen molar-refractivity contribution in [2.75, 3.05) is 0 Å². The van der Waals surface area contributed by atoms with Crippen LogP contribution in [0.2, 0.25) is 5.15 Å². The van der Waals surface area contributed by atoms with Crippen LogP contribution >= 0.6 is 11.6 Å². The highest BCUT2D eigenvalue weighted by Crippen LogP contribution is 2.25. The minimum Gasteiger partial charge on any atom is -0.439 e. The van der Waals surface area contributed by atoms with Crippen LogP contribution in [-0.4, -0.2) is 4.98 Å². The fraction of sp³-hybridized carbons (Fsp3) is 0.0769. The van der Waals surface area contributed by atoms with Gasteiger partial charge < -0.3 is 4.74 Å². The third-order valence-corrected chi connectivity index (χ3v) is 2.40. The molecule has 84 valence electrons. The maximum absolute atomic E-state index is 8.82. The van der Waals surface area contributed by atoms with E-state index in [-0.39, 0.29) is 5.15 Å². The molecule has 1 aromatic carbocycles. The first kappa shape index (κ1) is 11.4. The van der Waals surface area contributed by atoms with E-state index < -0.39 is 0 Å². The molecule has 1 aromatic heterocycles. The Bertz CT molecular complexity index is 590. The number of rotatable bonds is 2. The predicted octanol–water partition coefficient (Wildman–Crippen LogP) is 3.71. The lowest BCUT2D eigenvalue weighted by Crippen LogP contribution is -1.91. The third-order valence-electron chi connectivity index (χ3n) is 2.21. The number of nitrogens with zero attached hydrogens (tertiary/aromatic N) is 2. The first-order valence-corrected chi connectivity index (χ1v) is 5.38. The van der Waals surface area contributed by atoms with Gasteiger partial charge in [0.2, 0.25) is 5.88 Å². The molecular formula is C13H9ClN2O. The molecule has 0 aliphatic rings. The lowest BCUT2D eigenvalue weighted by Gasteiger charge is -2.07. The van der Waals surface area contributed by atoms with Crippen LogP contribution in [0.4, 0.5) is 0 Å². The van der Waals surface area contributed by atoms with Crippen molar-refractivity contribution in [2.24, 2.45) is 0 Å². The van der Waals surface area contributed by atoms with Gasteiger partial charge in [-0.3, -0.25) is 0 Å². The van der Waals surface area contributed by atoms with Gasteiger partial charge in [0.1, 0.15) is 10.9 Å². The highest BCUT2D eigenvalue weighted by atomic mass is 35.5. The van der Waals surface area contributed by atoms with Crippen molar-refractivity contribution in [3.8, 4) is 17.7 Å². The molecular weight excluding hydrogens is 236 g/mol. The average Bonchev–Trinajstić information content (AvgIpc) is 2.31. The maximum atomic E-state index is 8.82. The van der Waals surface area contributed by atoms with Gasteiger partial charge in [-0.1, -0.05) is 29.8 Å². The normalized spacial score (nSPS) is 9.71. The van der Waals surface area contributed by atoms with E-state index in [1.807, 2.05) is 37.3 Å². The van der Waals surface area contributed by atoms with Gasteiger partial charge in [0.15, 0.2) is 0 Å². The van der Waals surface area contributed by atoms with Crippen molar-refractivity contribution in [1.29, 1.82) is 5.26 Å². The number of para-hydroxylation sites is 1. The Balaban J connectivity index is 2.34. The van der Waals surface area contributed by atoms with Gasteiger partial charge >= 0.3 is 0 Å². The van der Waals surface area contributed by atoms with Gasteiger partial charge in [-0.2, -0.15) is 5.26 Å². The van der Waals surface area contributed by atoms with Crippen molar-refractivity contribution in [3.05, 3.63) is 52.7 Å². The molecule has 0 bridgehead atoms. The number of aromatic nitrogens is 1. The topological polar surface area (TPSA) is 45.9 Å². The number of aryl methyl sites for hydroxylation is 1. The number of hydrogen-bond donors (Lipinski definition) is 0. The summed E-state index contributed by atoms with van der Waals surface area (Å²) in [4.78, 5) is 4.01. The smallest absolute Gasteiger partial charge is 0.221 e. The van der Waals surface area contributed by atoms with Crippen LogP contribution in [0.3, 0.4) is 0 Å². The zero-order valence-corrected chi connectivity index (χ0v) is 9.90. The molecule has 0 fully saturated rings. The number of benzene rings is 1. The molecule has 0 aliphatic carbocycles. The van der Waals surface area contributed by atoms with Crippen LogP contribution in [-0.2, 0) is 0 Å². The molecule has 4 heteroatoms. The van der Waals surface area contributed by atoms with Crippen LogP contribution < -0.4 is 4.74 Å². The second kappa shape index (κ2) is 4.86. The monoisotopic (exact) mass is 244 g/mol. The molecule has 0 unspecified atom stereocenters. The number of hydrogen-bond acceptors (Lipinski definition) is 3. The van der Waals surface area contributed by atoms with E-state index in [0.29, 0.717) is 17.2 Å². The Morgan fingerprint density at radius 2 is 2.06 bits per heavy atom. The van der Waals surface area contributed by atoms with E-state index in [0.717, 1.165) is 5.56 Å². The Labute approximate surface area is 104 Å². The third kappa shape index (κ3) is 2.74. The molecule has 0 radical (unpaired) electrons. The molecule has 1 heterocycles. The van der Waals surface area contributed by atoms with E-state index in [1.165, 1.54) is 6.07 Å². The SMILES string of the molecule is Cc1ccccc1Oc1cc(C#N)cc(Cl)n1. The fourth-order valence-electron chi connectivity index (χ4n) is 1.37. The molecule has 2 rings (SSSR count). The lowest BCUT2D eigenvalue weighted by molar-refractivity contribution is 0.459. The van der Waals surface area contributed by atoms with Crippen LogP contribution in [0.1, 0.15) is 11.1 Å². The van der Waals surface area contributed by atoms with Crippen LogP contribution in [0.25, 0.3) is 0 Å². The second-order valence-corrected chi connectivity index (χ2v) is 3.88. The van der Waals surface area contributed by atoms with Gasteiger partial charge in [-0.15, -0.1) is 0 Å². The standard InChI is InChI=1S/C13H9ClN2O/c1-9-4-2-3-5-11(9)17-13-7-10(8-15)6-12(14)16-13/h2-7H,1H3. The number of pyridine rings is 1. The van der Waals surface area contributed by atoms with Crippen LogP contribution in [0.5, 0.6) is 11.6 Å². The molecule has 0 spiro atoms. The van der Waals surface area contributed by atoms with Crippen LogP contribution in [0.15, 0.2) is 36.4 Å². The highest BCUT2D eigenvalue weighted by Gasteiger charge is 2.05. The van der Waals surface area contributed by atoms with E-state index in [2.05, 4.69) is 4.98 Å². The van der Waals surface area contributed by atoms with Crippen molar-refractivity contribution in [1.82, 2.24) is 4.98 Å². The van der Waals surface area contributed by atoms with E-state index in [1.54, 1.807) is 6.07 Å². The van der Waals surface area contributed by atoms with E-state index in [4.69, 9.17) is 21.6 Å². The molecule has 0 atom stereocenters. The molecule has 3 nitrogen and oxygen atoms in total. The fourth-order valence-corrected chi connectivity index (χ4v) is 1.57. The Kier molecular flexibility index (Phi) is 3.27. The summed E-state index contributed by atoms with van der Waals surface area (Å²) in [7, 11) is 0. The summed E-state index contributed by atoms with van der Waals surface area (Å²) in [6.45, 7) is 1.94. The zero-order valence-electron chi connectivity index (χ0n) is 9.14. The molecule has 17 heavy (non-hydrogen) atoms. The molecule has 0 amide bonds. The van der Waals surface area contributed by atoms with Crippen molar-refractivity contribution in [2.45, 2.75) is 6.92 Å². The zero-order chi connectivity index (χ0) is 12.3. The minimum atomic E-state index is 0.243. The summed E-state index contributed by atoms with van der Waals surface area (Å²) >= 11 is 5.79. The first-order chi connectivity index (χ1) is 8.19. The van der Waals surface area contributed by atoms with E-state index in [9.17, 15) is 0 Å². The summed E-state index contributed by atoms with van der Waals surface area (Å²) in [5.74, 6) is 1.02. The van der Waals surface area contributed by atoms with Crippen molar-refractivity contribution >= 4 is 11.6 Å². The first-order valence-electron chi connectivity index (χ1n) is 5.00. The number of halogens is 1. The molecule has 0 saturated carbocycles. The lowest BCUT2D eigenvalue weighted by atomic mass is 10.2. The summed E-state index contributed by atoms with van der Waals surface area (Å²) in [6.07, 6.45) is 0. The predicted molar refractivity (Wildman–Crippen MR) is 65.2 cm³/mol. The summed E-state index contributed by atoms with van der Waals surface area (Å²) < 4.78 is 5.59. The number of nitriles is 1. The highest BCUT2D eigenvalue weighted by molar-refractivity contribution is 6.29. The largest absolute Gasteiger partial charge is 0.439 e. The Morgan fingerprint density at radius 1 is 1.29 bits per heavy atom.